The lowest BCUT2D eigenvalue weighted by molar-refractivity contribution is 1.11. The van der Waals surface area contributed by atoms with Crippen molar-refractivity contribution in [3.8, 4) is 11.4 Å². The van der Waals surface area contributed by atoms with Gasteiger partial charge in [-0.05, 0) is 36.6 Å². The van der Waals surface area contributed by atoms with Gasteiger partial charge in [0, 0.05) is 24.0 Å². The Kier molecular flexibility index (Phi) is 2.12. The zero-order valence-corrected chi connectivity index (χ0v) is 10.7. The SMILES string of the molecule is Cc1ccnc2nc(-c3ccc4c(c3)NCC4)[nH]c12. The number of rotatable bonds is 1. The molecule has 0 radical (unpaired) electrons. The molecule has 1 aliphatic heterocycles. The maximum Gasteiger partial charge on any atom is 0.178 e. The van der Waals surface area contributed by atoms with Gasteiger partial charge in [0.1, 0.15) is 5.82 Å². The molecule has 4 heteroatoms. The lowest BCUT2D eigenvalue weighted by atomic mass is 10.1. The van der Waals surface area contributed by atoms with E-state index in [1.54, 1.807) is 6.20 Å². The quantitative estimate of drug-likeness (QED) is 0.698. The number of nitrogens with zero attached hydrogens (tertiary/aromatic N) is 2. The van der Waals surface area contributed by atoms with Crippen molar-refractivity contribution in [2.75, 3.05) is 11.9 Å². The number of nitrogens with one attached hydrogen (secondary N) is 2. The molecule has 0 aliphatic carbocycles. The summed E-state index contributed by atoms with van der Waals surface area (Å²) in [7, 11) is 0. The summed E-state index contributed by atoms with van der Waals surface area (Å²) in [5, 5.41) is 3.40. The molecule has 0 saturated carbocycles. The van der Waals surface area contributed by atoms with Gasteiger partial charge in [-0.15, -0.1) is 0 Å². The van der Waals surface area contributed by atoms with Gasteiger partial charge in [0.25, 0.3) is 0 Å². The van der Waals surface area contributed by atoms with E-state index in [9.17, 15) is 0 Å². The van der Waals surface area contributed by atoms with E-state index in [0.717, 1.165) is 35.5 Å². The van der Waals surface area contributed by atoms with Crippen LogP contribution in [0.3, 0.4) is 0 Å². The van der Waals surface area contributed by atoms with Gasteiger partial charge >= 0.3 is 0 Å². The third kappa shape index (κ3) is 1.60. The fourth-order valence-electron chi connectivity index (χ4n) is 2.61. The second-order valence-corrected chi connectivity index (χ2v) is 4.96. The second-order valence-electron chi connectivity index (χ2n) is 4.96. The van der Waals surface area contributed by atoms with Crippen molar-refractivity contribution < 1.29 is 0 Å². The van der Waals surface area contributed by atoms with Gasteiger partial charge in [-0.2, -0.15) is 0 Å². The zero-order chi connectivity index (χ0) is 12.8. The second kappa shape index (κ2) is 3.82. The van der Waals surface area contributed by atoms with E-state index in [-0.39, 0.29) is 0 Å². The van der Waals surface area contributed by atoms with Crippen LogP contribution >= 0.6 is 0 Å². The number of aromatic amines is 1. The number of fused-ring (bicyclic) bond motifs is 2. The number of benzene rings is 1. The highest BCUT2D eigenvalue weighted by atomic mass is 15.0. The predicted octanol–water partition coefficient (Wildman–Crippen LogP) is 2.90. The van der Waals surface area contributed by atoms with E-state index >= 15 is 0 Å². The molecular formula is C15H14N4. The molecule has 4 rings (SSSR count). The molecule has 1 aliphatic rings. The summed E-state index contributed by atoms with van der Waals surface area (Å²) in [5.41, 5.74) is 6.68. The number of aryl methyl sites for hydroxylation is 1. The molecular weight excluding hydrogens is 236 g/mol. The van der Waals surface area contributed by atoms with Crippen molar-refractivity contribution in [3.05, 3.63) is 41.6 Å². The maximum atomic E-state index is 4.57. The van der Waals surface area contributed by atoms with Crippen LogP contribution in [-0.4, -0.2) is 21.5 Å². The van der Waals surface area contributed by atoms with Crippen molar-refractivity contribution in [1.29, 1.82) is 0 Å². The topological polar surface area (TPSA) is 53.6 Å². The standard InChI is InChI=1S/C15H14N4/c1-9-4-6-17-15-13(9)18-14(19-15)11-3-2-10-5-7-16-12(10)8-11/h2-4,6,8,16H,5,7H2,1H3,(H,17,18,19). The minimum atomic E-state index is 0.781. The number of hydrogen-bond acceptors (Lipinski definition) is 3. The summed E-state index contributed by atoms with van der Waals surface area (Å²) >= 11 is 0. The van der Waals surface area contributed by atoms with Crippen molar-refractivity contribution in [3.63, 3.8) is 0 Å². The van der Waals surface area contributed by atoms with Crippen LogP contribution in [0.4, 0.5) is 5.69 Å². The summed E-state index contributed by atoms with van der Waals surface area (Å²) in [5.74, 6) is 0.883. The van der Waals surface area contributed by atoms with Crippen LogP contribution in [0.5, 0.6) is 0 Å². The minimum absolute atomic E-state index is 0.781. The summed E-state index contributed by atoms with van der Waals surface area (Å²) < 4.78 is 0. The molecule has 2 aromatic heterocycles. The number of hydrogen-bond donors (Lipinski definition) is 2. The third-order valence-corrected chi connectivity index (χ3v) is 3.69. The first-order valence-electron chi connectivity index (χ1n) is 6.50. The number of pyridine rings is 1. The summed E-state index contributed by atoms with van der Waals surface area (Å²) in [6.07, 6.45) is 2.91. The van der Waals surface area contributed by atoms with Crippen LogP contribution in [0.15, 0.2) is 30.5 Å². The van der Waals surface area contributed by atoms with Crippen LogP contribution in [0, 0.1) is 6.92 Å². The first-order chi connectivity index (χ1) is 9.31. The molecule has 1 aromatic carbocycles. The first-order valence-corrected chi connectivity index (χ1v) is 6.50. The number of imidazole rings is 1. The summed E-state index contributed by atoms with van der Waals surface area (Å²) in [6, 6.07) is 8.46. The van der Waals surface area contributed by atoms with E-state index in [0.29, 0.717) is 0 Å². The Morgan fingerprint density at radius 2 is 2.16 bits per heavy atom. The van der Waals surface area contributed by atoms with Gasteiger partial charge in [-0.3, -0.25) is 0 Å². The van der Waals surface area contributed by atoms with E-state index in [4.69, 9.17) is 0 Å². The maximum absolute atomic E-state index is 4.57. The van der Waals surface area contributed by atoms with Crippen molar-refractivity contribution in [2.24, 2.45) is 0 Å². The monoisotopic (exact) mass is 250 g/mol. The van der Waals surface area contributed by atoms with E-state index in [1.165, 1.54) is 16.8 Å². The minimum Gasteiger partial charge on any atom is -0.384 e. The van der Waals surface area contributed by atoms with Crippen LogP contribution in [0.1, 0.15) is 11.1 Å². The van der Waals surface area contributed by atoms with Gasteiger partial charge in [0.05, 0.1) is 5.52 Å². The number of aromatic nitrogens is 3. The van der Waals surface area contributed by atoms with E-state index in [1.807, 2.05) is 6.07 Å². The molecule has 0 fully saturated rings. The third-order valence-electron chi connectivity index (χ3n) is 3.69. The van der Waals surface area contributed by atoms with Crippen LogP contribution in [-0.2, 0) is 6.42 Å². The highest BCUT2D eigenvalue weighted by molar-refractivity contribution is 5.79. The number of anilines is 1. The zero-order valence-electron chi connectivity index (χ0n) is 10.7. The summed E-state index contributed by atoms with van der Waals surface area (Å²) in [6.45, 7) is 3.09. The molecule has 19 heavy (non-hydrogen) atoms. The molecule has 0 bridgehead atoms. The predicted molar refractivity (Wildman–Crippen MR) is 76.3 cm³/mol. The highest BCUT2D eigenvalue weighted by Gasteiger charge is 2.13. The van der Waals surface area contributed by atoms with Gasteiger partial charge in [0.15, 0.2) is 5.65 Å². The highest BCUT2D eigenvalue weighted by Crippen LogP contribution is 2.28. The lowest BCUT2D eigenvalue weighted by Gasteiger charge is -2.02. The average molecular weight is 250 g/mol. The Morgan fingerprint density at radius 1 is 1.21 bits per heavy atom. The first kappa shape index (κ1) is 10.6. The average Bonchev–Trinajstić information content (AvgIpc) is 3.04. The van der Waals surface area contributed by atoms with E-state index < -0.39 is 0 Å². The molecule has 0 amide bonds. The largest absolute Gasteiger partial charge is 0.384 e. The molecule has 0 atom stereocenters. The Bertz CT molecular complexity index is 773. The van der Waals surface area contributed by atoms with Gasteiger partial charge in [0.2, 0.25) is 0 Å². The Labute approximate surface area is 110 Å². The lowest BCUT2D eigenvalue weighted by Crippen LogP contribution is -1.91. The Hall–Kier alpha value is -2.36. The molecule has 4 nitrogen and oxygen atoms in total. The fourth-order valence-corrected chi connectivity index (χ4v) is 2.61. The number of H-pyrrole nitrogens is 1. The molecule has 94 valence electrons. The van der Waals surface area contributed by atoms with Gasteiger partial charge < -0.3 is 10.3 Å². The Morgan fingerprint density at radius 3 is 3.05 bits per heavy atom. The van der Waals surface area contributed by atoms with Gasteiger partial charge in [-0.25, -0.2) is 9.97 Å². The van der Waals surface area contributed by atoms with E-state index in [2.05, 4.69) is 45.4 Å². The molecule has 0 spiro atoms. The van der Waals surface area contributed by atoms with Crippen molar-refractivity contribution in [2.45, 2.75) is 13.3 Å². The molecule has 0 unspecified atom stereocenters. The smallest absolute Gasteiger partial charge is 0.178 e. The van der Waals surface area contributed by atoms with Crippen molar-refractivity contribution >= 4 is 16.9 Å². The van der Waals surface area contributed by atoms with Crippen LogP contribution < -0.4 is 5.32 Å². The summed E-state index contributed by atoms with van der Waals surface area (Å²) in [4.78, 5) is 12.2. The molecule has 3 aromatic rings. The molecule has 0 saturated heterocycles. The van der Waals surface area contributed by atoms with Gasteiger partial charge in [-0.1, -0.05) is 12.1 Å². The van der Waals surface area contributed by atoms with Crippen LogP contribution in [0.25, 0.3) is 22.6 Å². The molecule has 3 heterocycles. The van der Waals surface area contributed by atoms with Crippen LogP contribution in [0.2, 0.25) is 0 Å². The fraction of sp³-hybridized carbons (Fsp3) is 0.200. The normalized spacial score (nSPS) is 13.5. The Balaban J connectivity index is 1.88. The molecule has 2 N–H and O–H groups in total. The van der Waals surface area contributed by atoms with Crippen molar-refractivity contribution in [1.82, 2.24) is 15.0 Å².